The lowest BCUT2D eigenvalue weighted by molar-refractivity contribution is 0.102. The molecule has 1 N–H and O–H groups in total. The number of nitrogens with zero attached hydrogens (tertiary/aromatic N) is 1. The number of hydrogen-bond acceptors (Lipinski definition) is 5. The van der Waals surface area contributed by atoms with Crippen LogP contribution in [0.25, 0.3) is 0 Å². The van der Waals surface area contributed by atoms with E-state index in [-0.39, 0.29) is 10.8 Å². The lowest BCUT2D eigenvalue weighted by Crippen LogP contribution is -2.22. The summed E-state index contributed by atoms with van der Waals surface area (Å²) in [5.41, 5.74) is 0.907. The molecule has 0 aliphatic heterocycles. The van der Waals surface area contributed by atoms with Gasteiger partial charge in [0.1, 0.15) is 0 Å². The average Bonchev–Trinajstić information content (AvgIpc) is 2.67. The Labute approximate surface area is 166 Å². The zero-order valence-corrected chi connectivity index (χ0v) is 17.4. The molecule has 0 aliphatic rings. The van der Waals surface area contributed by atoms with Gasteiger partial charge in [0.25, 0.3) is 5.91 Å². The number of ether oxygens (including phenoxy) is 2. The number of carbonyl (C=O) groups is 1. The quantitative estimate of drug-likeness (QED) is 0.690. The zero-order valence-electron chi connectivity index (χ0n) is 16.6. The molecule has 0 atom stereocenters. The molecule has 152 valence electrons. The third-order valence-corrected chi connectivity index (χ3v) is 5.69. The highest BCUT2D eigenvalue weighted by Gasteiger charge is 2.17. The molecule has 8 heteroatoms. The maximum atomic E-state index is 12.6. The number of amides is 1. The fourth-order valence-corrected chi connectivity index (χ4v) is 3.27. The van der Waals surface area contributed by atoms with Gasteiger partial charge in [-0.2, -0.15) is 0 Å². The minimum atomic E-state index is -3.51. The van der Waals surface area contributed by atoms with E-state index >= 15 is 0 Å². The number of carbonyl (C=O) groups excluding carboxylic acids is 1. The molecule has 0 radical (unpaired) electrons. The highest BCUT2D eigenvalue weighted by Crippen LogP contribution is 2.29. The minimum absolute atomic E-state index is 0.159. The van der Waals surface area contributed by atoms with E-state index < -0.39 is 10.0 Å². The van der Waals surface area contributed by atoms with E-state index in [0.29, 0.717) is 36.0 Å². The third-order valence-electron chi connectivity index (χ3n) is 3.86. The molecule has 0 saturated heterocycles. The molecule has 2 aromatic carbocycles. The van der Waals surface area contributed by atoms with Crippen LogP contribution in [0.4, 0.5) is 5.69 Å². The highest BCUT2D eigenvalue weighted by atomic mass is 32.2. The van der Waals surface area contributed by atoms with Crippen LogP contribution in [0, 0.1) is 0 Å². The summed E-state index contributed by atoms with van der Waals surface area (Å²) in [5, 5.41) is 2.75. The Morgan fingerprint density at radius 2 is 1.68 bits per heavy atom. The Hall–Kier alpha value is -2.58. The smallest absolute Gasteiger partial charge is 0.255 e. The Bertz CT molecular complexity index is 909. The first-order valence-electron chi connectivity index (χ1n) is 9.03. The topological polar surface area (TPSA) is 84.9 Å². The molecule has 0 unspecified atom stereocenters. The predicted octanol–water partition coefficient (Wildman–Crippen LogP) is 3.38. The molecule has 1 amide bonds. The van der Waals surface area contributed by atoms with Gasteiger partial charge in [-0.1, -0.05) is 6.92 Å². The fourth-order valence-electron chi connectivity index (χ4n) is 2.37. The van der Waals surface area contributed by atoms with E-state index in [4.69, 9.17) is 9.47 Å². The van der Waals surface area contributed by atoms with E-state index in [0.717, 1.165) is 10.7 Å². The molecule has 2 rings (SSSR count). The summed E-state index contributed by atoms with van der Waals surface area (Å²) in [7, 11) is -0.574. The molecule has 2 aromatic rings. The van der Waals surface area contributed by atoms with Crippen molar-refractivity contribution < 1.29 is 22.7 Å². The molecule has 0 fully saturated rings. The van der Waals surface area contributed by atoms with Gasteiger partial charge < -0.3 is 14.8 Å². The van der Waals surface area contributed by atoms with Crippen molar-refractivity contribution in [2.45, 2.75) is 25.2 Å². The molecule has 0 aliphatic carbocycles. The number of sulfonamides is 1. The first-order chi connectivity index (χ1) is 13.3. The standard InChI is InChI=1S/C20H26N2O5S/c1-5-13-27-18-12-7-15(14-19(18)26-6-2)20(23)21-16-8-10-17(11-9-16)28(24,25)22(3)4/h7-12,14H,5-6,13H2,1-4H3,(H,21,23). The Morgan fingerprint density at radius 1 is 1.00 bits per heavy atom. The minimum Gasteiger partial charge on any atom is -0.490 e. The number of anilines is 1. The molecular weight excluding hydrogens is 380 g/mol. The summed E-state index contributed by atoms with van der Waals surface area (Å²) in [4.78, 5) is 12.7. The van der Waals surface area contributed by atoms with Crippen molar-refractivity contribution in [3.8, 4) is 11.5 Å². The van der Waals surface area contributed by atoms with Crippen molar-refractivity contribution in [1.82, 2.24) is 4.31 Å². The molecule has 0 spiro atoms. The molecule has 0 saturated carbocycles. The normalized spacial score (nSPS) is 11.3. The van der Waals surface area contributed by atoms with E-state index in [9.17, 15) is 13.2 Å². The largest absolute Gasteiger partial charge is 0.490 e. The van der Waals surface area contributed by atoms with Crippen LogP contribution in [0.3, 0.4) is 0 Å². The van der Waals surface area contributed by atoms with Gasteiger partial charge in [-0.3, -0.25) is 4.79 Å². The summed E-state index contributed by atoms with van der Waals surface area (Å²) < 4.78 is 36.6. The van der Waals surface area contributed by atoms with Gasteiger partial charge in [0, 0.05) is 25.3 Å². The second-order valence-electron chi connectivity index (χ2n) is 6.21. The Morgan fingerprint density at radius 3 is 2.25 bits per heavy atom. The first-order valence-corrected chi connectivity index (χ1v) is 10.5. The van der Waals surface area contributed by atoms with Crippen LogP contribution in [-0.2, 0) is 10.0 Å². The molecule has 28 heavy (non-hydrogen) atoms. The van der Waals surface area contributed by atoms with Crippen LogP contribution >= 0.6 is 0 Å². The van der Waals surface area contributed by atoms with E-state index in [2.05, 4.69) is 5.32 Å². The van der Waals surface area contributed by atoms with Gasteiger partial charge in [-0.15, -0.1) is 0 Å². The Balaban J connectivity index is 2.17. The number of benzene rings is 2. The summed E-state index contributed by atoms with van der Waals surface area (Å²) in [6.45, 7) is 4.89. The number of hydrogen-bond donors (Lipinski definition) is 1. The van der Waals surface area contributed by atoms with Crippen molar-refractivity contribution in [3.63, 3.8) is 0 Å². The van der Waals surface area contributed by atoms with Crippen LogP contribution in [0.1, 0.15) is 30.6 Å². The van der Waals surface area contributed by atoms with Crippen molar-refractivity contribution in [3.05, 3.63) is 48.0 Å². The monoisotopic (exact) mass is 406 g/mol. The molecule has 7 nitrogen and oxygen atoms in total. The summed E-state index contributed by atoms with van der Waals surface area (Å²) >= 11 is 0. The van der Waals surface area contributed by atoms with Crippen LogP contribution in [0.2, 0.25) is 0 Å². The maximum absolute atomic E-state index is 12.6. The predicted molar refractivity (Wildman–Crippen MR) is 109 cm³/mol. The second-order valence-corrected chi connectivity index (χ2v) is 8.36. The van der Waals surface area contributed by atoms with Crippen molar-refractivity contribution in [2.75, 3.05) is 32.6 Å². The molecular formula is C20H26N2O5S. The summed E-state index contributed by atoms with van der Waals surface area (Å²) in [6, 6.07) is 11.0. The molecule has 0 aromatic heterocycles. The lowest BCUT2D eigenvalue weighted by Gasteiger charge is -2.14. The number of rotatable bonds is 9. The third kappa shape index (κ3) is 5.24. The van der Waals surface area contributed by atoms with E-state index in [1.54, 1.807) is 30.3 Å². The van der Waals surface area contributed by atoms with Crippen LogP contribution < -0.4 is 14.8 Å². The zero-order chi connectivity index (χ0) is 20.7. The van der Waals surface area contributed by atoms with Crippen molar-refractivity contribution in [2.24, 2.45) is 0 Å². The van der Waals surface area contributed by atoms with Crippen LogP contribution in [0.15, 0.2) is 47.4 Å². The summed E-state index contributed by atoms with van der Waals surface area (Å²) in [6.07, 6.45) is 0.868. The second kappa shape index (κ2) is 9.57. The van der Waals surface area contributed by atoms with Gasteiger partial charge in [0.15, 0.2) is 11.5 Å². The Kier molecular flexibility index (Phi) is 7.42. The van der Waals surface area contributed by atoms with Gasteiger partial charge in [0.05, 0.1) is 18.1 Å². The van der Waals surface area contributed by atoms with E-state index in [1.165, 1.54) is 26.2 Å². The SMILES string of the molecule is CCCOc1ccc(C(=O)Nc2ccc(S(=O)(=O)N(C)C)cc2)cc1OCC. The van der Waals surface area contributed by atoms with E-state index in [1.807, 2.05) is 13.8 Å². The van der Waals surface area contributed by atoms with Gasteiger partial charge >= 0.3 is 0 Å². The van der Waals surface area contributed by atoms with Gasteiger partial charge in [-0.05, 0) is 55.8 Å². The number of nitrogens with one attached hydrogen (secondary N) is 1. The van der Waals surface area contributed by atoms with Crippen LogP contribution in [-0.4, -0.2) is 45.9 Å². The highest BCUT2D eigenvalue weighted by molar-refractivity contribution is 7.89. The first kappa shape index (κ1) is 21.7. The van der Waals surface area contributed by atoms with Crippen molar-refractivity contribution in [1.29, 1.82) is 0 Å². The van der Waals surface area contributed by atoms with Crippen molar-refractivity contribution >= 4 is 21.6 Å². The summed E-state index contributed by atoms with van der Waals surface area (Å²) in [5.74, 6) is 0.778. The molecule has 0 bridgehead atoms. The lowest BCUT2D eigenvalue weighted by atomic mass is 10.2. The fraction of sp³-hybridized carbons (Fsp3) is 0.350. The van der Waals surface area contributed by atoms with Gasteiger partial charge in [-0.25, -0.2) is 12.7 Å². The average molecular weight is 407 g/mol. The van der Waals surface area contributed by atoms with Gasteiger partial charge in [0.2, 0.25) is 10.0 Å². The van der Waals surface area contributed by atoms with Crippen LogP contribution in [0.5, 0.6) is 11.5 Å². The molecule has 0 heterocycles. The maximum Gasteiger partial charge on any atom is 0.255 e.